The van der Waals surface area contributed by atoms with Crippen molar-refractivity contribution in [1.29, 1.82) is 0 Å². The number of rotatable bonds is 8. The Bertz CT molecular complexity index is 494. The van der Waals surface area contributed by atoms with Gasteiger partial charge in [0.15, 0.2) is 0 Å². The molecule has 1 rings (SSSR count). The van der Waals surface area contributed by atoms with Gasteiger partial charge in [-0.2, -0.15) is 0 Å². The van der Waals surface area contributed by atoms with Gasteiger partial charge >= 0.3 is 0 Å². The van der Waals surface area contributed by atoms with Gasteiger partial charge in [-0.1, -0.05) is 20.3 Å². The van der Waals surface area contributed by atoms with Crippen molar-refractivity contribution in [3.8, 4) is 0 Å². The van der Waals surface area contributed by atoms with Crippen LogP contribution in [0.15, 0.2) is 17.2 Å². The lowest BCUT2D eigenvalue weighted by molar-refractivity contribution is 0.270. The Balaban J connectivity index is 3.01. The van der Waals surface area contributed by atoms with Crippen LogP contribution in [-0.2, 0) is 23.2 Å². The van der Waals surface area contributed by atoms with Crippen LogP contribution in [0.1, 0.15) is 38.8 Å². The van der Waals surface area contributed by atoms with E-state index in [9.17, 15) is 13.5 Å². The number of aliphatic hydroxyl groups excluding tert-OH is 1. The minimum Gasteiger partial charge on any atom is -0.390 e. The first-order valence-corrected chi connectivity index (χ1v) is 8.17. The number of sulfonamides is 1. The van der Waals surface area contributed by atoms with Crippen molar-refractivity contribution in [3.05, 3.63) is 18.0 Å². The normalized spacial score (nSPS) is 12.3. The average Bonchev–Trinajstić information content (AvgIpc) is 2.80. The minimum absolute atomic E-state index is 0.145. The molecule has 1 aromatic heterocycles. The van der Waals surface area contributed by atoms with Crippen molar-refractivity contribution in [1.82, 2.24) is 8.87 Å². The van der Waals surface area contributed by atoms with Crippen LogP contribution in [0, 0.1) is 0 Å². The predicted molar refractivity (Wildman–Crippen MR) is 75.4 cm³/mol. The molecule has 0 aromatic carbocycles. The summed E-state index contributed by atoms with van der Waals surface area (Å²) in [5, 5.41) is 9.27. The maximum Gasteiger partial charge on any atom is 0.244 e. The highest BCUT2D eigenvalue weighted by molar-refractivity contribution is 7.89. The van der Waals surface area contributed by atoms with E-state index in [1.54, 1.807) is 23.9 Å². The molecule has 0 saturated heterocycles. The molecule has 0 aliphatic carbocycles. The Morgan fingerprint density at radius 2 is 2.00 bits per heavy atom. The molecule has 0 amide bonds. The van der Waals surface area contributed by atoms with Gasteiger partial charge in [-0.15, -0.1) is 0 Å². The summed E-state index contributed by atoms with van der Waals surface area (Å²) in [6, 6.07) is 1.56. The monoisotopic (exact) mass is 288 g/mol. The molecule has 0 radical (unpaired) electrons. The SMILES string of the molecule is CCCCN(C)S(=O)(=O)c1cc(CO)n(CCC)c1. The van der Waals surface area contributed by atoms with Crippen LogP contribution < -0.4 is 0 Å². The topological polar surface area (TPSA) is 62.5 Å². The number of hydrogen-bond donors (Lipinski definition) is 1. The summed E-state index contributed by atoms with van der Waals surface area (Å²) < 4.78 is 27.9. The number of aliphatic hydroxyl groups is 1. The summed E-state index contributed by atoms with van der Waals surface area (Å²) in [5.74, 6) is 0. The van der Waals surface area contributed by atoms with Crippen LogP contribution >= 0.6 is 0 Å². The quantitative estimate of drug-likeness (QED) is 0.793. The third kappa shape index (κ3) is 3.81. The van der Waals surface area contributed by atoms with Crippen LogP contribution in [0.3, 0.4) is 0 Å². The molecule has 19 heavy (non-hydrogen) atoms. The van der Waals surface area contributed by atoms with Gasteiger partial charge in [0, 0.05) is 32.0 Å². The van der Waals surface area contributed by atoms with Crippen LogP contribution in [0.25, 0.3) is 0 Å². The van der Waals surface area contributed by atoms with E-state index < -0.39 is 10.0 Å². The number of unbranched alkanes of at least 4 members (excludes halogenated alkanes) is 1. The zero-order valence-corrected chi connectivity index (χ0v) is 12.8. The summed E-state index contributed by atoms with van der Waals surface area (Å²) in [4.78, 5) is 0.267. The molecule has 0 aliphatic rings. The molecule has 6 heteroatoms. The van der Waals surface area contributed by atoms with Gasteiger partial charge in [0.2, 0.25) is 10.0 Å². The second-order valence-electron chi connectivity index (χ2n) is 4.70. The lowest BCUT2D eigenvalue weighted by Crippen LogP contribution is -2.27. The number of aromatic nitrogens is 1. The Kier molecular flexibility index (Phi) is 6.03. The van der Waals surface area contributed by atoms with E-state index in [4.69, 9.17) is 0 Å². The highest BCUT2D eigenvalue weighted by Crippen LogP contribution is 2.19. The van der Waals surface area contributed by atoms with Crippen molar-refractivity contribution < 1.29 is 13.5 Å². The molecule has 110 valence electrons. The van der Waals surface area contributed by atoms with Crippen molar-refractivity contribution >= 4 is 10.0 Å². The van der Waals surface area contributed by atoms with Crippen molar-refractivity contribution in [2.24, 2.45) is 0 Å². The predicted octanol–water partition coefficient (Wildman–Crippen LogP) is 1.81. The van der Waals surface area contributed by atoms with E-state index in [1.807, 2.05) is 13.8 Å². The summed E-state index contributed by atoms with van der Waals surface area (Å²) in [7, 11) is -1.84. The third-order valence-corrected chi connectivity index (χ3v) is 4.94. The molecule has 1 aromatic rings. The molecule has 0 atom stereocenters. The Morgan fingerprint density at radius 3 is 2.53 bits per heavy atom. The lowest BCUT2D eigenvalue weighted by Gasteiger charge is -2.15. The highest BCUT2D eigenvalue weighted by atomic mass is 32.2. The molecule has 1 heterocycles. The van der Waals surface area contributed by atoms with E-state index in [2.05, 4.69) is 0 Å². The second-order valence-corrected chi connectivity index (χ2v) is 6.74. The molecule has 0 spiro atoms. The number of hydrogen-bond acceptors (Lipinski definition) is 3. The van der Waals surface area contributed by atoms with E-state index in [0.29, 0.717) is 18.8 Å². The van der Waals surface area contributed by atoms with Crippen LogP contribution in [0.2, 0.25) is 0 Å². The van der Waals surface area contributed by atoms with Crippen LogP contribution in [0.5, 0.6) is 0 Å². The molecule has 0 unspecified atom stereocenters. The molecule has 0 aliphatic heterocycles. The van der Waals surface area contributed by atoms with E-state index >= 15 is 0 Å². The Labute approximate surface area is 115 Å². The van der Waals surface area contributed by atoms with Gasteiger partial charge in [0.25, 0.3) is 0 Å². The molecular weight excluding hydrogens is 264 g/mol. The first-order chi connectivity index (χ1) is 8.97. The fraction of sp³-hybridized carbons (Fsp3) is 0.692. The van der Waals surface area contributed by atoms with Crippen molar-refractivity contribution in [2.75, 3.05) is 13.6 Å². The number of aryl methyl sites for hydroxylation is 1. The minimum atomic E-state index is -3.44. The maximum absolute atomic E-state index is 12.4. The average molecular weight is 288 g/mol. The standard InChI is InChI=1S/C13H24N2O3S/c1-4-6-8-14(3)19(17,18)13-9-12(11-16)15(10-13)7-5-2/h9-10,16H,4-8,11H2,1-3H3. The lowest BCUT2D eigenvalue weighted by atomic mass is 10.3. The molecular formula is C13H24N2O3S. The Morgan fingerprint density at radius 1 is 1.32 bits per heavy atom. The summed E-state index contributed by atoms with van der Waals surface area (Å²) in [6.45, 7) is 5.13. The Hall–Kier alpha value is -0.850. The maximum atomic E-state index is 12.4. The fourth-order valence-electron chi connectivity index (χ4n) is 1.93. The van der Waals surface area contributed by atoms with Gasteiger partial charge in [0.05, 0.1) is 6.61 Å². The molecule has 0 fully saturated rings. The van der Waals surface area contributed by atoms with Crippen molar-refractivity contribution in [2.45, 2.75) is 51.2 Å². The van der Waals surface area contributed by atoms with Gasteiger partial charge in [-0.3, -0.25) is 0 Å². The molecule has 0 bridgehead atoms. The van der Waals surface area contributed by atoms with Gasteiger partial charge < -0.3 is 9.67 Å². The highest BCUT2D eigenvalue weighted by Gasteiger charge is 2.22. The van der Waals surface area contributed by atoms with Crippen molar-refractivity contribution in [3.63, 3.8) is 0 Å². The summed E-state index contributed by atoms with van der Waals surface area (Å²) in [6.07, 6.45) is 4.32. The second kappa shape index (κ2) is 7.07. The van der Waals surface area contributed by atoms with Gasteiger partial charge in [-0.25, -0.2) is 12.7 Å². The fourth-order valence-corrected chi connectivity index (χ4v) is 3.20. The van der Waals surface area contributed by atoms with E-state index in [-0.39, 0.29) is 11.5 Å². The first-order valence-electron chi connectivity index (χ1n) is 6.73. The third-order valence-electron chi connectivity index (χ3n) is 3.12. The first kappa shape index (κ1) is 16.2. The van der Waals surface area contributed by atoms with Gasteiger partial charge in [-0.05, 0) is 18.9 Å². The molecule has 5 nitrogen and oxygen atoms in total. The van der Waals surface area contributed by atoms with E-state index in [1.165, 1.54) is 4.31 Å². The zero-order chi connectivity index (χ0) is 14.5. The van der Waals surface area contributed by atoms with Gasteiger partial charge in [0.1, 0.15) is 4.90 Å². The summed E-state index contributed by atoms with van der Waals surface area (Å²) >= 11 is 0. The van der Waals surface area contributed by atoms with E-state index in [0.717, 1.165) is 19.3 Å². The molecule has 1 N–H and O–H groups in total. The summed E-state index contributed by atoms with van der Waals surface area (Å²) in [5.41, 5.74) is 0.643. The van der Waals surface area contributed by atoms with Crippen LogP contribution in [0.4, 0.5) is 0 Å². The zero-order valence-electron chi connectivity index (χ0n) is 12.0. The molecule has 0 saturated carbocycles. The van der Waals surface area contributed by atoms with Crippen LogP contribution in [-0.4, -0.2) is 36.0 Å². The number of nitrogens with zero attached hydrogens (tertiary/aromatic N) is 2. The smallest absolute Gasteiger partial charge is 0.244 e. The largest absolute Gasteiger partial charge is 0.390 e.